The van der Waals surface area contributed by atoms with Gasteiger partial charge in [0.05, 0.1) is 11.3 Å². The Morgan fingerprint density at radius 2 is 2.33 bits per heavy atom. The van der Waals surface area contributed by atoms with E-state index in [1.165, 1.54) is 5.57 Å². The molecule has 1 saturated carbocycles. The second kappa shape index (κ2) is 1.63. The van der Waals surface area contributed by atoms with Crippen molar-refractivity contribution in [3.63, 3.8) is 0 Å². The van der Waals surface area contributed by atoms with Crippen LogP contribution in [0.5, 0.6) is 0 Å². The molecule has 0 radical (unpaired) electrons. The second-order valence-electron chi connectivity index (χ2n) is 3.84. The number of cyclic esters (lactones) is 2. The number of ether oxygens (including phenoxy) is 1. The first-order chi connectivity index (χ1) is 5.72. The number of allylic oxidation sites excluding steroid dienone is 1. The monoisotopic (exact) mass is 164 g/mol. The summed E-state index contributed by atoms with van der Waals surface area (Å²) >= 11 is 0. The van der Waals surface area contributed by atoms with Gasteiger partial charge in [-0.05, 0) is 19.3 Å². The normalized spacial score (nSPS) is 43.0. The van der Waals surface area contributed by atoms with Crippen LogP contribution in [0.4, 0.5) is 0 Å². The largest absolute Gasteiger partial charge is 0.392 e. The first-order valence-electron chi connectivity index (χ1n) is 4.18. The van der Waals surface area contributed by atoms with Crippen molar-refractivity contribution in [1.82, 2.24) is 0 Å². The van der Waals surface area contributed by atoms with E-state index in [2.05, 4.69) is 4.74 Å². The van der Waals surface area contributed by atoms with Crippen LogP contribution in [0.25, 0.3) is 0 Å². The van der Waals surface area contributed by atoms with Crippen molar-refractivity contribution < 1.29 is 14.3 Å². The van der Waals surface area contributed by atoms with Crippen LogP contribution in [0.2, 0.25) is 0 Å². The SMILES string of the molecule is O=C1OC(=O)C23CCC(=CC12)C3. The molecule has 62 valence electrons. The fourth-order valence-corrected chi connectivity index (χ4v) is 2.62. The Hall–Kier alpha value is -1.12. The molecule has 3 aliphatic rings. The number of fused-ring (bicyclic) bond motifs is 1. The Kier molecular flexibility index (Phi) is 0.868. The van der Waals surface area contributed by atoms with Crippen molar-refractivity contribution in [2.75, 3.05) is 0 Å². The van der Waals surface area contributed by atoms with Crippen molar-refractivity contribution in [3.8, 4) is 0 Å². The maximum atomic E-state index is 11.4. The van der Waals surface area contributed by atoms with E-state index < -0.39 is 5.41 Å². The summed E-state index contributed by atoms with van der Waals surface area (Å²) in [7, 11) is 0. The topological polar surface area (TPSA) is 43.4 Å². The van der Waals surface area contributed by atoms with Crippen LogP contribution in [0, 0.1) is 11.3 Å². The highest BCUT2D eigenvalue weighted by atomic mass is 16.6. The summed E-state index contributed by atoms with van der Waals surface area (Å²) in [6.45, 7) is 0. The van der Waals surface area contributed by atoms with Gasteiger partial charge in [-0.2, -0.15) is 0 Å². The van der Waals surface area contributed by atoms with Gasteiger partial charge in [0.25, 0.3) is 0 Å². The van der Waals surface area contributed by atoms with Gasteiger partial charge in [0, 0.05) is 0 Å². The molecule has 2 atom stereocenters. The fourth-order valence-electron chi connectivity index (χ4n) is 2.62. The number of rotatable bonds is 0. The van der Waals surface area contributed by atoms with Gasteiger partial charge in [-0.25, -0.2) is 0 Å². The molecule has 2 aliphatic carbocycles. The molecule has 1 saturated heterocycles. The number of esters is 2. The van der Waals surface area contributed by atoms with E-state index in [-0.39, 0.29) is 17.9 Å². The van der Waals surface area contributed by atoms with Gasteiger partial charge >= 0.3 is 11.9 Å². The minimum Gasteiger partial charge on any atom is -0.392 e. The van der Waals surface area contributed by atoms with Crippen LogP contribution in [0.15, 0.2) is 11.6 Å². The van der Waals surface area contributed by atoms with E-state index in [4.69, 9.17) is 0 Å². The van der Waals surface area contributed by atoms with Gasteiger partial charge in [0.1, 0.15) is 0 Å². The van der Waals surface area contributed by atoms with Gasteiger partial charge in [0.15, 0.2) is 0 Å². The lowest BCUT2D eigenvalue weighted by molar-refractivity contribution is -0.155. The average Bonchev–Trinajstić information content (AvgIpc) is 2.65. The van der Waals surface area contributed by atoms with E-state index in [0.717, 1.165) is 19.3 Å². The molecular formula is C9H8O3. The number of hydrogen-bond acceptors (Lipinski definition) is 3. The molecule has 1 aliphatic heterocycles. The van der Waals surface area contributed by atoms with Crippen LogP contribution >= 0.6 is 0 Å². The van der Waals surface area contributed by atoms with Crippen molar-refractivity contribution in [1.29, 1.82) is 0 Å². The lowest BCUT2D eigenvalue weighted by Gasteiger charge is -2.18. The number of carbonyl (C=O) groups excluding carboxylic acids is 2. The highest BCUT2D eigenvalue weighted by molar-refractivity contribution is 6.01. The third-order valence-corrected chi connectivity index (χ3v) is 3.29. The van der Waals surface area contributed by atoms with Crippen molar-refractivity contribution >= 4 is 11.9 Å². The average molecular weight is 164 g/mol. The summed E-state index contributed by atoms with van der Waals surface area (Å²) in [4.78, 5) is 22.5. The van der Waals surface area contributed by atoms with Crippen LogP contribution in [0.1, 0.15) is 19.3 Å². The molecule has 0 N–H and O–H groups in total. The molecule has 1 heterocycles. The minimum absolute atomic E-state index is 0.242. The molecule has 0 amide bonds. The van der Waals surface area contributed by atoms with Crippen molar-refractivity contribution in [3.05, 3.63) is 11.6 Å². The first kappa shape index (κ1) is 6.40. The van der Waals surface area contributed by atoms with Crippen LogP contribution in [-0.2, 0) is 14.3 Å². The Morgan fingerprint density at radius 1 is 1.50 bits per heavy atom. The zero-order chi connectivity index (χ0) is 8.34. The van der Waals surface area contributed by atoms with E-state index in [9.17, 15) is 9.59 Å². The van der Waals surface area contributed by atoms with Crippen molar-refractivity contribution in [2.45, 2.75) is 19.3 Å². The Bertz CT molecular complexity index is 329. The smallest absolute Gasteiger partial charge is 0.321 e. The van der Waals surface area contributed by atoms with E-state index >= 15 is 0 Å². The third kappa shape index (κ3) is 0.480. The maximum Gasteiger partial charge on any atom is 0.321 e. The number of hydrogen-bond donors (Lipinski definition) is 0. The highest BCUT2D eigenvalue weighted by Crippen LogP contribution is 2.57. The molecule has 2 unspecified atom stereocenters. The molecule has 2 bridgehead atoms. The molecule has 3 nitrogen and oxygen atoms in total. The summed E-state index contributed by atoms with van der Waals surface area (Å²) in [5, 5.41) is 0. The predicted molar refractivity (Wildman–Crippen MR) is 39.0 cm³/mol. The van der Waals surface area contributed by atoms with Crippen molar-refractivity contribution in [2.24, 2.45) is 11.3 Å². The third-order valence-electron chi connectivity index (χ3n) is 3.29. The zero-order valence-corrected chi connectivity index (χ0v) is 6.50. The molecular weight excluding hydrogens is 156 g/mol. The number of carbonyl (C=O) groups is 2. The summed E-state index contributed by atoms with van der Waals surface area (Å²) in [6.07, 6.45) is 4.48. The first-order valence-corrected chi connectivity index (χ1v) is 4.18. The van der Waals surface area contributed by atoms with E-state index in [1.54, 1.807) is 0 Å². The molecule has 2 fully saturated rings. The van der Waals surface area contributed by atoms with E-state index in [1.807, 2.05) is 6.08 Å². The van der Waals surface area contributed by atoms with Gasteiger partial charge in [0.2, 0.25) is 0 Å². The Balaban J connectivity index is 2.18. The molecule has 0 aromatic carbocycles. The quantitative estimate of drug-likeness (QED) is 0.302. The Labute approximate surface area is 69.4 Å². The summed E-state index contributed by atoms with van der Waals surface area (Å²) in [6, 6.07) is 0. The molecule has 3 rings (SSSR count). The van der Waals surface area contributed by atoms with Gasteiger partial charge in [-0.3, -0.25) is 9.59 Å². The zero-order valence-electron chi connectivity index (χ0n) is 6.50. The Morgan fingerprint density at radius 3 is 3.00 bits per heavy atom. The lowest BCUT2D eigenvalue weighted by atomic mass is 9.78. The van der Waals surface area contributed by atoms with Crippen LogP contribution in [0.3, 0.4) is 0 Å². The molecule has 0 aromatic rings. The highest BCUT2D eigenvalue weighted by Gasteiger charge is 2.62. The van der Waals surface area contributed by atoms with Gasteiger partial charge < -0.3 is 4.74 Å². The van der Waals surface area contributed by atoms with Gasteiger partial charge in [-0.15, -0.1) is 0 Å². The molecule has 1 spiro atoms. The molecule has 0 aromatic heterocycles. The predicted octanol–water partition coefficient (Wildman–Crippen LogP) is 0.796. The standard InChI is InChI=1S/C9H8O3/c10-7-6-3-5-1-2-9(6,4-5)8(11)12-7/h3,6H,1-2,4H2. The maximum absolute atomic E-state index is 11.4. The molecule has 3 heteroatoms. The second-order valence-corrected chi connectivity index (χ2v) is 3.84. The van der Waals surface area contributed by atoms with Crippen LogP contribution < -0.4 is 0 Å². The summed E-state index contributed by atoms with van der Waals surface area (Å²) < 4.78 is 4.63. The lowest BCUT2D eigenvalue weighted by Crippen LogP contribution is -2.27. The fraction of sp³-hybridized carbons (Fsp3) is 0.556. The van der Waals surface area contributed by atoms with E-state index in [0.29, 0.717) is 0 Å². The molecule has 12 heavy (non-hydrogen) atoms. The summed E-state index contributed by atoms with van der Waals surface area (Å²) in [5.74, 6) is -0.871. The minimum atomic E-state index is -0.452. The van der Waals surface area contributed by atoms with Gasteiger partial charge in [-0.1, -0.05) is 11.6 Å². The summed E-state index contributed by atoms with van der Waals surface area (Å²) in [5.41, 5.74) is 0.817. The van der Waals surface area contributed by atoms with Crippen LogP contribution in [-0.4, -0.2) is 11.9 Å².